The molecule has 0 saturated carbocycles. The molecule has 2 aromatic heterocycles. The van der Waals surface area contributed by atoms with Gasteiger partial charge in [0.1, 0.15) is 11.6 Å². The summed E-state index contributed by atoms with van der Waals surface area (Å²) in [6.45, 7) is 3.93. The van der Waals surface area contributed by atoms with E-state index in [2.05, 4.69) is 34.9 Å². The predicted octanol–water partition coefficient (Wildman–Crippen LogP) is 10.9. The number of aryl methyl sites for hydroxylation is 2. The Balaban J connectivity index is 1.58. The standard InChI is InChI=1S/C41H25F3N4/c1-24-11-13-32-30-7-3-5-9-35(30)47(37(32)17-24)38-19-28(27-16-25(2)15-26(18-27)22-45)20-39(34(38)23-46)48-36-10-6-4-8-31(36)33-14-12-29(21-40(33)48)41(42,43)44/h3-21H,1-2H3. The van der Waals surface area contributed by atoms with E-state index in [4.69, 9.17) is 0 Å². The van der Waals surface area contributed by atoms with Gasteiger partial charge in [-0.15, -0.1) is 0 Å². The lowest BCUT2D eigenvalue weighted by Crippen LogP contribution is -2.07. The maximum atomic E-state index is 14.1. The maximum Gasteiger partial charge on any atom is 0.416 e. The number of alkyl halides is 3. The molecular formula is C41H25F3N4. The van der Waals surface area contributed by atoms with Crippen LogP contribution < -0.4 is 0 Å². The van der Waals surface area contributed by atoms with Gasteiger partial charge in [0.2, 0.25) is 0 Å². The number of hydrogen-bond acceptors (Lipinski definition) is 2. The lowest BCUT2D eigenvalue weighted by atomic mass is 9.97. The monoisotopic (exact) mass is 630 g/mol. The van der Waals surface area contributed by atoms with Gasteiger partial charge in [-0.2, -0.15) is 23.7 Å². The van der Waals surface area contributed by atoms with Crippen molar-refractivity contribution < 1.29 is 13.2 Å². The number of rotatable bonds is 3. The Bertz CT molecular complexity index is 2710. The molecule has 0 amide bonds. The molecular weight excluding hydrogens is 605 g/mol. The molecule has 48 heavy (non-hydrogen) atoms. The van der Waals surface area contributed by atoms with Gasteiger partial charge >= 0.3 is 6.18 Å². The van der Waals surface area contributed by atoms with Crippen LogP contribution in [0, 0.1) is 36.5 Å². The number of hydrogen-bond donors (Lipinski definition) is 0. The highest BCUT2D eigenvalue weighted by Crippen LogP contribution is 2.42. The van der Waals surface area contributed by atoms with Crippen LogP contribution in [0.3, 0.4) is 0 Å². The molecule has 0 saturated heterocycles. The lowest BCUT2D eigenvalue weighted by molar-refractivity contribution is -0.137. The normalized spacial score (nSPS) is 11.8. The number of halogens is 3. The van der Waals surface area contributed by atoms with Gasteiger partial charge < -0.3 is 9.13 Å². The number of para-hydroxylation sites is 2. The fourth-order valence-corrected chi connectivity index (χ4v) is 7.01. The highest BCUT2D eigenvalue weighted by atomic mass is 19.4. The van der Waals surface area contributed by atoms with E-state index in [0.717, 1.165) is 61.6 Å². The van der Waals surface area contributed by atoms with Crippen LogP contribution in [0.1, 0.15) is 27.8 Å². The Kier molecular flexibility index (Phi) is 6.44. The van der Waals surface area contributed by atoms with Crippen molar-refractivity contribution in [3.8, 4) is 34.6 Å². The molecule has 0 radical (unpaired) electrons. The molecule has 230 valence electrons. The van der Waals surface area contributed by atoms with Crippen molar-refractivity contribution in [2.45, 2.75) is 20.0 Å². The zero-order valence-electron chi connectivity index (χ0n) is 25.9. The third-order valence-corrected chi connectivity index (χ3v) is 9.06. The summed E-state index contributed by atoms with van der Waals surface area (Å²) < 4.78 is 46.2. The molecule has 0 spiro atoms. The predicted molar refractivity (Wildman–Crippen MR) is 184 cm³/mol. The van der Waals surface area contributed by atoms with Crippen molar-refractivity contribution in [2.75, 3.05) is 0 Å². The average molecular weight is 631 g/mol. The maximum absolute atomic E-state index is 14.1. The fraction of sp³-hybridized carbons (Fsp3) is 0.0732. The number of nitriles is 2. The fourth-order valence-electron chi connectivity index (χ4n) is 7.01. The van der Waals surface area contributed by atoms with E-state index in [0.29, 0.717) is 38.9 Å². The van der Waals surface area contributed by atoms with E-state index in [1.54, 1.807) is 16.7 Å². The van der Waals surface area contributed by atoms with Gasteiger partial charge in [0.25, 0.3) is 0 Å². The van der Waals surface area contributed by atoms with Crippen LogP contribution in [-0.2, 0) is 6.18 Å². The van der Waals surface area contributed by atoms with Gasteiger partial charge in [0.15, 0.2) is 0 Å². The summed E-state index contributed by atoms with van der Waals surface area (Å²) in [5.74, 6) is 0. The second-order valence-corrected chi connectivity index (χ2v) is 12.2. The van der Waals surface area contributed by atoms with E-state index in [1.165, 1.54) is 6.07 Å². The molecule has 0 fully saturated rings. The second-order valence-electron chi connectivity index (χ2n) is 12.2. The highest BCUT2D eigenvalue weighted by Gasteiger charge is 2.31. The number of benzene rings is 6. The first-order valence-electron chi connectivity index (χ1n) is 15.4. The minimum Gasteiger partial charge on any atom is -0.308 e. The lowest BCUT2D eigenvalue weighted by Gasteiger charge is -2.19. The summed E-state index contributed by atoms with van der Waals surface area (Å²) in [5.41, 5.74) is 7.24. The molecule has 8 aromatic rings. The van der Waals surface area contributed by atoms with Gasteiger partial charge in [-0.1, -0.05) is 60.7 Å². The summed E-state index contributed by atoms with van der Waals surface area (Å²) >= 11 is 0. The third kappa shape index (κ3) is 4.44. The Morgan fingerprint density at radius 3 is 1.65 bits per heavy atom. The molecule has 0 aliphatic heterocycles. The summed E-state index contributed by atoms with van der Waals surface area (Å²) in [7, 11) is 0. The molecule has 4 nitrogen and oxygen atoms in total. The average Bonchev–Trinajstić information content (AvgIpc) is 3.58. The smallest absolute Gasteiger partial charge is 0.308 e. The van der Waals surface area contributed by atoms with E-state index in [1.807, 2.05) is 80.6 Å². The molecule has 0 atom stereocenters. The summed E-state index contributed by atoms with van der Waals surface area (Å²) in [6, 6.07) is 39.5. The van der Waals surface area contributed by atoms with Crippen molar-refractivity contribution in [3.63, 3.8) is 0 Å². The molecule has 0 unspecified atom stereocenters. The Morgan fingerprint density at radius 2 is 1.06 bits per heavy atom. The summed E-state index contributed by atoms with van der Waals surface area (Å²) in [5, 5.41) is 24.3. The molecule has 8 rings (SSSR count). The quantitative estimate of drug-likeness (QED) is 0.195. The SMILES string of the molecule is Cc1cc(C#N)cc(-c2cc(-n3c4ccccc4c4ccc(C)cc43)c(C#N)c(-n3c4ccccc4c4ccc(C(F)(F)F)cc43)c2)c1. The number of aromatic nitrogens is 2. The minimum atomic E-state index is -4.56. The van der Waals surface area contributed by atoms with Crippen LogP contribution >= 0.6 is 0 Å². The van der Waals surface area contributed by atoms with Crippen molar-refractivity contribution in [1.82, 2.24) is 9.13 Å². The number of fused-ring (bicyclic) bond motifs is 6. The molecule has 0 aliphatic rings. The van der Waals surface area contributed by atoms with Gasteiger partial charge in [0, 0.05) is 21.5 Å². The summed E-state index contributed by atoms with van der Waals surface area (Å²) in [6.07, 6.45) is -4.56. The van der Waals surface area contributed by atoms with Gasteiger partial charge in [-0.05, 0) is 90.7 Å². The molecule has 0 bridgehead atoms. The van der Waals surface area contributed by atoms with E-state index in [9.17, 15) is 23.7 Å². The second kappa shape index (κ2) is 10.6. The van der Waals surface area contributed by atoms with Gasteiger partial charge in [-0.3, -0.25) is 0 Å². The largest absolute Gasteiger partial charge is 0.416 e. The third-order valence-electron chi connectivity index (χ3n) is 9.06. The van der Waals surface area contributed by atoms with E-state index < -0.39 is 11.7 Å². The highest BCUT2D eigenvalue weighted by molar-refractivity contribution is 6.11. The van der Waals surface area contributed by atoms with Gasteiger partial charge in [0.05, 0.1) is 50.6 Å². The molecule has 2 heterocycles. The van der Waals surface area contributed by atoms with Crippen LogP contribution in [0.4, 0.5) is 13.2 Å². The molecule has 6 aromatic carbocycles. The van der Waals surface area contributed by atoms with Crippen molar-refractivity contribution in [2.24, 2.45) is 0 Å². The minimum absolute atomic E-state index is 0.302. The van der Waals surface area contributed by atoms with Crippen molar-refractivity contribution >= 4 is 43.6 Å². The molecule has 7 heteroatoms. The van der Waals surface area contributed by atoms with Gasteiger partial charge in [-0.25, -0.2) is 0 Å². The van der Waals surface area contributed by atoms with Crippen LogP contribution in [0.25, 0.3) is 66.1 Å². The summed E-state index contributed by atoms with van der Waals surface area (Å²) in [4.78, 5) is 0. The Labute approximate surface area is 273 Å². The van der Waals surface area contributed by atoms with Crippen LogP contribution in [0.2, 0.25) is 0 Å². The van der Waals surface area contributed by atoms with Crippen molar-refractivity contribution in [3.05, 3.63) is 143 Å². The van der Waals surface area contributed by atoms with Crippen LogP contribution in [0.15, 0.2) is 115 Å². The zero-order chi connectivity index (χ0) is 33.3. The van der Waals surface area contributed by atoms with E-state index >= 15 is 0 Å². The first-order valence-corrected chi connectivity index (χ1v) is 15.4. The Hall–Kier alpha value is -6.31. The van der Waals surface area contributed by atoms with Crippen molar-refractivity contribution in [1.29, 1.82) is 10.5 Å². The zero-order valence-corrected chi connectivity index (χ0v) is 25.9. The van der Waals surface area contributed by atoms with Crippen LogP contribution in [-0.4, -0.2) is 9.13 Å². The van der Waals surface area contributed by atoms with E-state index in [-0.39, 0.29) is 0 Å². The molecule has 0 N–H and O–H groups in total. The van der Waals surface area contributed by atoms with Crippen LogP contribution in [0.5, 0.6) is 0 Å². The molecule has 0 aliphatic carbocycles. The first-order chi connectivity index (χ1) is 23.2. The topological polar surface area (TPSA) is 57.4 Å². The first kappa shape index (κ1) is 29.1. The Morgan fingerprint density at radius 1 is 0.521 bits per heavy atom. The number of nitrogens with zero attached hydrogens (tertiary/aromatic N) is 4.